The molecule has 0 saturated heterocycles. The lowest BCUT2D eigenvalue weighted by atomic mass is 10.2. The fourth-order valence-electron chi connectivity index (χ4n) is 1.90. The minimum atomic E-state index is -3.85. The first-order valence-corrected chi connectivity index (χ1v) is 7.97. The summed E-state index contributed by atoms with van der Waals surface area (Å²) >= 11 is 5.89. The first kappa shape index (κ1) is 15.6. The number of ether oxygens (including phenoxy) is 1. The SMILES string of the molecule is COc1ccc(CS(=O)(=O)c2c(N)cccc2Cl)c(F)c1. The molecule has 0 radical (unpaired) electrons. The molecule has 2 aromatic rings. The summed E-state index contributed by atoms with van der Waals surface area (Å²) in [7, 11) is -2.46. The van der Waals surface area contributed by atoms with Crippen LogP contribution in [0.15, 0.2) is 41.3 Å². The van der Waals surface area contributed by atoms with Crippen molar-refractivity contribution in [1.82, 2.24) is 0 Å². The molecule has 21 heavy (non-hydrogen) atoms. The van der Waals surface area contributed by atoms with Gasteiger partial charge < -0.3 is 10.5 Å². The molecule has 0 bridgehead atoms. The maximum atomic E-state index is 13.9. The van der Waals surface area contributed by atoms with Crippen LogP contribution >= 0.6 is 11.6 Å². The number of hydrogen-bond acceptors (Lipinski definition) is 4. The molecule has 0 atom stereocenters. The maximum absolute atomic E-state index is 13.9. The molecule has 0 heterocycles. The minimum absolute atomic E-state index is 0.0175. The van der Waals surface area contributed by atoms with Gasteiger partial charge >= 0.3 is 0 Å². The van der Waals surface area contributed by atoms with Crippen LogP contribution in [0.2, 0.25) is 5.02 Å². The van der Waals surface area contributed by atoms with Crippen LogP contribution in [-0.4, -0.2) is 15.5 Å². The molecule has 0 fully saturated rings. The molecule has 2 rings (SSSR count). The Hall–Kier alpha value is -1.79. The van der Waals surface area contributed by atoms with E-state index in [-0.39, 0.29) is 21.2 Å². The van der Waals surface area contributed by atoms with Crippen LogP contribution in [-0.2, 0) is 15.6 Å². The van der Waals surface area contributed by atoms with Crippen molar-refractivity contribution < 1.29 is 17.5 Å². The number of rotatable bonds is 4. The predicted molar refractivity (Wildman–Crippen MR) is 79.7 cm³/mol. The van der Waals surface area contributed by atoms with E-state index in [1.165, 1.54) is 31.4 Å². The molecule has 0 aliphatic heterocycles. The minimum Gasteiger partial charge on any atom is -0.497 e. The summed E-state index contributed by atoms with van der Waals surface area (Å²) in [5.74, 6) is -0.883. The van der Waals surface area contributed by atoms with Gasteiger partial charge in [-0.3, -0.25) is 0 Å². The van der Waals surface area contributed by atoms with Crippen molar-refractivity contribution in [3.63, 3.8) is 0 Å². The topological polar surface area (TPSA) is 69.4 Å². The van der Waals surface area contributed by atoms with Gasteiger partial charge in [-0.25, -0.2) is 12.8 Å². The molecule has 4 nitrogen and oxygen atoms in total. The molecule has 2 N–H and O–H groups in total. The summed E-state index contributed by atoms with van der Waals surface area (Å²) in [5.41, 5.74) is 5.73. The van der Waals surface area contributed by atoms with Gasteiger partial charge in [-0.2, -0.15) is 0 Å². The third-order valence-corrected chi connectivity index (χ3v) is 5.11. The van der Waals surface area contributed by atoms with E-state index in [0.29, 0.717) is 5.75 Å². The number of benzene rings is 2. The molecule has 0 aromatic heterocycles. The molecule has 2 aromatic carbocycles. The van der Waals surface area contributed by atoms with Gasteiger partial charge in [0.2, 0.25) is 0 Å². The van der Waals surface area contributed by atoms with Crippen molar-refractivity contribution in [2.24, 2.45) is 0 Å². The summed E-state index contributed by atoms with van der Waals surface area (Å²) < 4.78 is 43.5. The number of halogens is 2. The molecule has 0 aliphatic carbocycles. The highest BCUT2D eigenvalue weighted by atomic mass is 35.5. The van der Waals surface area contributed by atoms with Gasteiger partial charge in [-0.1, -0.05) is 23.7 Å². The first-order chi connectivity index (χ1) is 9.85. The summed E-state index contributed by atoms with van der Waals surface area (Å²) in [5, 5.41) is 0.0175. The zero-order chi connectivity index (χ0) is 15.6. The average molecular weight is 330 g/mol. The van der Waals surface area contributed by atoms with Crippen molar-refractivity contribution in [2.75, 3.05) is 12.8 Å². The Labute approximate surface area is 127 Å². The van der Waals surface area contributed by atoms with Crippen LogP contribution in [0.3, 0.4) is 0 Å². The molecule has 0 aliphatic rings. The third-order valence-electron chi connectivity index (χ3n) is 2.91. The molecular formula is C14H13ClFNO3S. The Kier molecular flexibility index (Phi) is 4.39. The zero-order valence-electron chi connectivity index (χ0n) is 11.1. The lowest BCUT2D eigenvalue weighted by Gasteiger charge is -2.10. The van der Waals surface area contributed by atoms with E-state index in [1.54, 1.807) is 6.07 Å². The summed E-state index contributed by atoms with van der Waals surface area (Å²) in [6.07, 6.45) is 0. The monoisotopic (exact) mass is 329 g/mol. The summed E-state index contributed by atoms with van der Waals surface area (Å²) in [6, 6.07) is 8.38. The van der Waals surface area contributed by atoms with Crippen LogP contribution in [0, 0.1) is 5.82 Å². The Morgan fingerprint density at radius 1 is 1.29 bits per heavy atom. The van der Waals surface area contributed by atoms with Crippen LogP contribution in [0.1, 0.15) is 5.56 Å². The average Bonchev–Trinajstić information content (AvgIpc) is 2.40. The van der Waals surface area contributed by atoms with E-state index in [2.05, 4.69) is 0 Å². The van der Waals surface area contributed by atoms with Gasteiger partial charge in [0, 0.05) is 11.6 Å². The molecule has 112 valence electrons. The molecule has 0 saturated carbocycles. The molecule has 7 heteroatoms. The van der Waals surface area contributed by atoms with Gasteiger partial charge in [0.1, 0.15) is 16.5 Å². The Bertz CT molecular complexity index is 758. The largest absolute Gasteiger partial charge is 0.497 e. The lowest BCUT2D eigenvalue weighted by molar-refractivity contribution is 0.411. The number of hydrogen-bond donors (Lipinski definition) is 1. The van der Waals surface area contributed by atoms with Gasteiger partial charge in [0.25, 0.3) is 0 Å². The predicted octanol–water partition coefficient (Wildman–Crippen LogP) is 3.04. The van der Waals surface area contributed by atoms with E-state index in [4.69, 9.17) is 22.1 Å². The molecule has 0 spiro atoms. The van der Waals surface area contributed by atoms with E-state index in [1.807, 2.05) is 0 Å². The van der Waals surface area contributed by atoms with Crippen LogP contribution in [0.25, 0.3) is 0 Å². The molecule has 0 unspecified atom stereocenters. The molecular weight excluding hydrogens is 317 g/mol. The summed E-state index contributed by atoms with van der Waals surface area (Å²) in [6.45, 7) is 0. The second kappa shape index (κ2) is 5.91. The fraction of sp³-hybridized carbons (Fsp3) is 0.143. The second-order valence-corrected chi connectivity index (χ2v) is 6.71. The number of methoxy groups -OCH3 is 1. The number of nitrogens with two attached hydrogens (primary N) is 1. The van der Waals surface area contributed by atoms with Crippen molar-refractivity contribution in [3.8, 4) is 5.75 Å². The Morgan fingerprint density at radius 3 is 2.57 bits per heavy atom. The van der Waals surface area contributed by atoms with Crippen LogP contribution in [0.5, 0.6) is 5.75 Å². The van der Waals surface area contributed by atoms with Gasteiger partial charge in [0.05, 0.1) is 23.6 Å². The van der Waals surface area contributed by atoms with Gasteiger partial charge in [-0.15, -0.1) is 0 Å². The van der Waals surface area contributed by atoms with E-state index < -0.39 is 21.4 Å². The van der Waals surface area contributed by atoms with Gasteiger partial charge in [-0.05, 0) is 18.2 Å². The quantitative estimate of drug-likeness (QED) is 0.875. The fourth-order valence-corrected chi connectivity index (χ4v) is 4.02. The summed E-state index contributed by atoms with van der Waals surface area (Å²) in [4.78, 5) is -0.179. The number of anilines is 1. The number of nitrogen functional groups attached to an aromatic ring is 1. The Morgan fingerprint density at radius 2 is 2.00 bits per heavy atom. The van der Waals surface area contributed by atoms with E-state index in [0.717, 1.165) is 6.07 Å². The normalized spacial score (nSPS) is 11.4. The maximum Gasteiger partial charge on any atom is 0.186 e. The van der Waals surface area contributed by atoms with Crippen LogP contribution < -0.4 is 10.5 Å². The molecule has 0 amide bonds. The van der Waals surface area contributed by atoms with Crippen molar-refractivity contribution >= 4 is 27.1 Å². The van der Waals surface area contributed by atoms with Crippen molar-refractivity contribution in [3.05, 3.63) is 52.8 Å². The highest BCUT2D eigenvalue weighted by molar-refractivity contribution is 7.91. The lowest BCUT2D eigenvalue weighted by Crippen LogP contribution is -2.10. The second-order valence-electron chi connectivity index (χ2n) is 4.37. The van der Waals surface area contributed by atoms with E-state index >= 15 is 0 Å². The third kappa shape index (κ3) is 3.28. The van der Waals surface area contributed by atoms with Crippen LogP contribution in [0.4, 0.5) is 10.1 Å². The smallest absolute Gasteiger partial charge is 0.186 e. The first-order valence-electron chi connectivity index (χ1n) is 5.94. The van der Waals surface area contributed by atoms with Crippen molar-refractivity contribution in [1.29, 1.82) is 0 Å². The highest BCUT2D eigenvalue weighted by Gasteiger charge is 2.23. The Balaban J connectivity index is 2.43. The highest BCUT2D eigenvalue weighted by Crippen LogP contribution is 2.30. The standard InChI is InChI=1S/C14H13ClFNO3S/c1-20-10-6-5-9(12(16)7-10)8-21(18,19)14-11(15)3-2-4-13(14)17/h2-7H,8,17H2,1H3. The number of sulfone groups is 1. The van der Waals surface area contributed by atoms with Crippen molar-refractivity contribution in [2.45, 2.75) is 10.6 Å². The zero-order valence-corrected chi connectivity index (χ0v) is 12.7. The van der Waals surface area contributed by atoms with Gasteiger partial charge in [0.15, 0.2) is 9.84 Å². The van der Waals surface area contributed by atoms with E-state index in [9.17, 15) is 12.8 Å².